The number of benzene rings is 1. The zero-order valence-electron chi connectivity index (χ0n) is 14.5. The quantitative estimate of drug-likeness (QED) is 0.864. The molecular weight excluding hydrogens is 306 g/mol. The minimum absolute atomic E-state index is 0.00687. The predicted molar refractivity (Wildman–Crippen MR) is 92.2 cm³/mol. The van der Waals surface area contributed by atoms with Gasteiger partial charge in [-0.05, 0) is 49.3 Å². The Kier molecular flexibility index (Phi) is 5.14. The molecule has 1 unspecified atom stereocenters. The van der Waals surface area contributed by atoms with Gasteiger partial charge in [0.25, 0.3) is 0 Å². The second-order valence-electron chi connectivity index (χ2n) is 6.66. The van der Waals surface area contributed by atoms with Gasteiger partial charge in [-0.25, -0.2) is 4.79 Å². The van der Waals surface area contributed by atoms with E-state index in [0.29, 0.717) is 36.5 Å². The monoisotopic (exact) mass is 333 g/mol. The molecule has 3 atom stereocenters. The molecule has 1 heterocycles. The fourth-order valence-corrected chi connectivity index (χ4v) is 3.82. The summed E-state index contributed by atoms with van der Waals surface area (Å²) in [5, 5.41) is 3.01. The molecule has 2 fully saturated rings. The van der Waals surface area contributed by atoms with Crippen molar-refractivity contribution in [1.82, 2.24) is 10.2 Å². The van der Waals surface area contributed by atoms with Crippen molar-refractivity contribution in [3.05, 3.63) is 23.8 Å². The summed E-state index contributed by atoms with van der Waals surface area (Å²) in [4.78, 5) is 14.4. The third kappa shape index (κ3) is 3.43. The summed E-state index contributed by atoms with van der Waals surface area (Å²) in [6.45, 7) is 4.53. The number of carbonyl (C=O) groups excluding carboxylic acids is 1. The number of urea groups is 1. The van der Waals surface area contributed by atoms with Crippen LogP contribution in [0.5, 0.6) is 11.5 Å². The molecule has 1 aromatic carbocycles. The Labute approximate surface area is 143 Å². The number of rotatable bonds is 5. The molecule has 2 bridgehead atoms. The van der Waals surface area contributed by atoms with Crippen LogP contribution in [0.3, 0.4) is 0 Å². The molecule has 1 aromatic rings. The van der Waals surface area contributed by atoms with Crippen molar-refractivity contribution in [2.75, 3.05) is 26.8 Å². The molecule has 2 amide bonds. The Morgan fingerprint density at radius 2 is 2.00 bits per heavy atom. The Hall–Kier alpha value is -1.95. The average molecular weight is 333 g/mol. The fourth-order valence-electron chi connectivity index (χ4n) is 3.82. The van der Waals surface area contributed by atoms with Gasteiger partial charge < -0.3 is 25.4 Å². The topological polar surface area (TPSA) is 76.8 Å². The van der Waals surface area contributed by atoms with Crippen molar-refractivity contribution in [3.8, 4) is 11.5 Å². The highest BCUT2D eigenvalue weighted by molar-refractivity contribution is 5.74. The number of hydrogen-bond donors (Lipinski definition) is 2. The molecule has 0 aromatic heterocycles. The summed E-state index contributed by atoms with van der Waals surface area (Å²) in [7, 11) is 1.62. The molecule has 24 heavy (non-hydrogen) atoms. The molecule has 0 spiro atoms. The number of amides is 2. The van der Waals surface area contributed by atoms with Crippen LogP contribution in [0.25, 0.3) is 0 Å². The fraction of sp³-hybridized carbons (Fsp3) is 0.611. The Morgan fingerprint density at radius 1 is 1.29 bits per heavy atom. The number of carbonyl (C=O) groups is 1. The number of methoxy groups -OCH3 is 1. The van der Waals surface area contributed by atoms with Crippen LogP contribution in [0, 0.1) is 11.8 Å². The standard InChI is InChI=1S/C18H27N3O3/c1-3-24-16-8-12(4-7-15(16)23-2)9-20-18(22)21-10-13-5-6-14(11-21)17(13)19/h4,7-8,13-14,17H,3,5-6,9-11,19H2,1-2H3,(H,20,22)/t13-,14+,17?. The van der Waals surface area contributed by atoms with Crippen molar-refractivity contribution >= 4 is 6.03 Å². The highest BCUT2D eigenvalue weighted by atomic mass is 16.5. The van der Waals surface area contributed by atoms with Crippen LogP contribution in [-0.2, 0) is 6.54 Å². The Balaban J connectivity index is 1.57. The second kappa shape index (κ2) is 7.30. The van der Waals surface area contributed by atoms with Gasteiger partial charge in [0.15, 0.2) is 11.5 Å². The van der Waals surface area contributed by atoms with E-state index in [1.54, 1.807) is 7.11 Å². The number of likely N-dealkylation sites (tertiary alicyclic amines) is 1. The van der Waals surface area contributed by atoms with E-state index in [4.69, 9.17) is 15.2 Å². The van der Waals surface area contributed by atoms with Crippen LogP contribution in [0.15, 0.2) is 18.2 Å². The number of hydrogen-bond acceptors (Lipinski definition) is 4. The lowest BCUT2D eigenvalue weighted by Gasteiger charge is -2.36. The largest absolute Gasteiger partial charge is 0.493 e. The van der Waals surface area contributed by atoms with Crippen LogP contribution >= 0.6 is 0 Å². The highest BCUT2D eigenvalue weighted by Gasteiger charge is 2.41. The second-order valence-corrected chi connectivity index (χ2v) is 6.66. The zero-order valence-corrected chi connectivity index (χ0v) is 14.5. The first-order valence-electron chi connectivity index (χ1n) is 8.70. The zero-order chi connectivity index (χ0) is 17.1. The first-order valence-corrected chi connectivity index (χ1v) is 8.70. The van der Waals surface area contributed by atoms with Crippen molar-refractivity contribution < 1.29 is 14.3 Å². The lowest BCUT2D eigenvalue weighted by atomic mass is 9.93. The predicted octanol–water partition coefficient (Wildman–Crippen LogP) is 1.97. The molecule has 1 aliphatic carbocycles. The minimum Gasteiger partial charge on any atom is -0.493 e. The number of nitrogens with one attached hydrogen (secondary N) is 1. The van der Waals surface area contributed by atoms with E-state index >= 15 is 0 Å². The number of piperidine rings is 1. The van der Waals surface area contributed by atoms with Gasteiger partial charge in [0.05, 0.1) is 13.7 Å². The van der Waals surface area contributed by atoms with Crippen LogP contribution in [-0.4, -0.2) is 43.8 Å². The Morgan fingerprint density at radius 3 is 2.62 bits per heavy atom. The number of ether oxygens (including phenoxy) is 2. The molecule has 1 saturated heterocycles. The smallest absolute Gasteiger partial charge is 0.317 e. The van der Waals surface area contributed by atoms with Gasteiger partial charge in [-0.1, -0.05) is 6.07 Å². The summed E-state index contributed by atoms with van der Waals surface area (Å²) in [6, 6.07) is 5.99. The maximum absolute atomic E-state index is 12.4. The molecule has 3 N–H and O–H groups in total. The van der Waals surface area contributed by atoms with Gasteiger partial charge in [0.2, 0.25) is 0 Å². The van der Waals surface area contributed by atoms with Gasteiger partial charge in [0.1, 0.15) is 0 Å². The molecule has 6 nitrogen and oxygen atoms in total. The van der Waals surface area contributed by atoms with E-state index in [1.807, 2.05) is 30.0 Å². The molecule has 6 heteroatoms. The lowest BCUT2D eigenvalue weighted by molar-refractivity contribution is 0.150. The first kappa shape index (κ1) is 16.9. The maximum Gasteiger partial charge on any atom is 0.317 e. The number of fused-ring (bicyclic) bond motifs is 2. The van der Waals surface area contributed by atoms with Crippen LogP contribution < -0.4 is 20.5 Å². The van der Waals surface area contributed by atoms with Gasteiger partial charge >= 0.3 is 6.03 Å². The van der Waals surface area contributed by atoms with E-state index in [9.17, 15) is 4.79 Å². The first-order chi connectivity index (χ1) is 11.6. The maximum atomic E-state index is 12.4. The van der Waals surface area contributed by atoms with E-state index in [1.165, 1.54) is 0 Å². The summed E-state index contributed by atoms with van der Waals surface area (Å²) in [6.07, 6.45) is 2.29. The highest BCUT2D eigenvalue weighted by Crippen LogP contribution is 2.35. The van der Waals surface area contributed by atoms with E-state index < -0.39 is 0 Å². The number of nitrogens with zero attached hydrogens (tertiary/aromatic N) is 1. The normalized spacial score (nSPS) is 25.5. The molecular formula is C18H27N3O3. The van der Waals surface area contributed by atoms with E-state index in [0.717, 1.165) is 31.5 Å². The third-order valence-electron chi connectivity index (χ3n) is 5.17. The summed E-state index contributed by atoms with van der Waals surface area (Å²) < 4.78 is 10.9. The van der Waals surface area contributed by atoms with Crippen molar-refractivity contribution in [2.24, 2.45) is 17.6 Å². The van der Waals surface area contributed by atoms with Crippen molar-refractivity contribution in [3.63, 3.8) is 0 Å². The van der Waals surface area contributed by atoms with Gasteiger partial charge in [-0.3, -0.25) is 0 Å². The molecule has 3 rings (SSSR count). The summed E-state index contributed by atoms with van der Waals surface area (Å²) in [5.41, 5.74) is 7.19. The summed E-state index contributed by atoms with van der Waals surface area (Å²) >= 11 is 0. The van der Waals surface area contributed by atoms with Crippen LogP contribution in [0.2, 0.25) is 0 Å². The Bertz CT molecular complexity index is 579. The molecule has 0 radical (unpaired) electrons. The van der Waals surface area contributed by atoms with E-state index in [-0.39, 0.29) is 12.1 Å². The van der Waals surface area contributed by atoms with Crippen molar-refractivity contribution in [1.29, 1.82) is 0 Å². The van der Waals surface area contributed by atoms with E-state index in [2.05, 4.69) is 5.32 Å². The van der Waals surface area contributed by atoms with Gasteiger partial charge in [0, 0.05) is 25.7 Å². The van der Waals surface area contributed by atoms with Crippen molar-refractivity contribution in [2.45, 2.75) is 32.4 Å². The molecule has 1 saturated carbocycles. The van der Waals surface area contributed by atoms with Crippen LogP contribution in [0.4, 0.5) is 4.79 Å². The average Bonchev–Trinajstić information content (AvgIpc) is 2.81. The molecule has 2 aliphatic rings. The summed E-state index contributed by atoms with van der Waals surface area (Å²) in [5.74, 6) is 2.32. The lowest BCUT2D eigenvalue weighted by Crippen LogP contribution is -2.53. The SMILES string of the molecule is CCOc1cc(CNC(=O)N2C[C@H]3CC[C@@H](C2)C3N)ccc1OC. The third-order valence-corrected chi connectivity index (χ3v) is 5.17. The minimum atomic E-state index is -0.00687. The van der Waals surface area contributed by atoms with Gasteiger partial charge in [-0.15, -0.1) is 0 Å². The molecule has 132 valence electrons. The molecule has 1 aliphatic heterocycles. The van der Waals surface area contributed by atoms with Crippen LogP contribution in [0.1, 0.15) is 25.3 Å². The van der Waals surface area contributed by atoms with Gasteiger partial charge in [-0.2, -0.15) is 0 Å². The number of nitrogens with two attached hydrogens (primary N) is 1.